The minimum absolute atomic E-state index is 0.0916. The molecule has 33 heavy (non-hydrogen) atoms. The third kappa shape index (κ3) is 14.6. The molecule has 0 saturated carbocycles. The standard InChI is InChI=1S/C24H46O9/c1-16(25)12-29-21(27)24(10,11)33-19(4)13-28-17(2)15-31-23(8,9)20(26)30-14-18(3)32-22(5,6)7/h16-19,25H,12-15H2,1-11H3. The maximum absolute atomic E-state index is 12.4. The molecule has 0 aliphatic heterocycles. The molecule has 0 amide bonds. The molecule has 9 heteroatoms. The van der Waals surface area contributed by atoms with E-state index in [0.717, 1.165) is 0 Å². The second-order valence-electron chi connectivity index (χ2n) is 10.5. The number of aliphatic hydroxyl groups is 1. The van der Waals surface area contributed by atoms with Gasteiger partial charge in [0.15, 0.2) is 11.2 Å². The van der Waals surface area contributed by atoms with Crippen LogP contribution in [0.5, 0.6) is 0 Å². The third-order valence-corrected chi connectivity index (χ3v) is 4.23. The Morgan fingerprint density at radius 3 is 1.67 bits per heavy atom. The summed E-state index contributed by atoms with van der Waals surface area (Å²) in [7, 11) is 0. The summed E-state index contributed by atoms with van der Waals surface area (Å²) in [6.45, 7) is 19.7. The van der Waals surface area contributed by atoms with Gasteiger partial charge in [0.05, 0.1) is 43.2 Å². The largest absolute Gasteiger partial charge is 0.461 e. The van der Waals surface area contributed by atoms with Crippen LogP contribution in [0, 0.1) is 0 Å². The van der Waals surface area contributed by atoms with E-state index in [9.17, 15) is 14.7 Å². The van der Waals surface area contributed by atoms with Gasteiger partial charge in [-0.2, -0.15) is 0 Å². The Morgan fingerprint density at radius 1 is 0.667 bits per heavy atom. The lowest BCUT2D eigenvalue weighted by Crippen LogP contribution is -2.42. The monoisotopic (exact) mass is 478 g/mol. The van der Waals surface area contributed by atoms with Gasteiger partial charge in [-0.1, -0.05) is 0 Å². The van der Waals surface area contributed by atoms with E-state index in [2.05, 4.69) is 0 Å². The van der Waals surface area contributed by atoms with E-state index in [1.807, 2.05) is 34.6 Å². The average Bonchev–Trinajstić information content (AvgIpc) is 2.65. The highest BCUT2D eigenvalue weighted by molar-refractivity contribution is 5.79. The molecule has 0 aliphatic rings. The first-order valence-corrected chi connectivity index (χ1v) is 11.5. The molecule has 0 aromatic rings. The fourth-order valence-electron chi connectivity index (χ4n) is 2.69. The summed E-state index contributed by atoms with van der Waals surface area (Å²) in [4.78, 5) is 24.5. The van der Waals surface area contributed by atoms with Gasteiger partial charge in [-0.25, -0.2) is 9.59 Å². The molecule has 0 radical (unpaired) electrons. The van der Waals surface area contributed by atoms with Crippen LogP contribution in [0.1, 0.15) is 76.2 Å². The number of carbonyl (C=O) groups is 2. The smallest absolute Gasteiger partial charge is 0.337 e. The van der Waals surface area contributed by atoms with Crippen LogP contribution in [0.2, 0.25) is 0 Å². The number of esters is 2. The van der Waals surface area contributed by atoms with Gasteiger partial charge in [0.2, 0.25) is 0 Å². The number of aliphatic hydroxyl groups excluding tert-OH is 1. The highest BCUT2D eigenvalue weighted by Crippen LogP contribution is 2.17. The Morgan fingerprint density at radius 2 is 1.15 bits per heavy atom. The zero-order valence-electron chi connectivity index (χ0n) is 22.4. The van der Waals surface area contributed by atoms with Crippen LogP contribution in [0.3, 0.4) is 0 Å². The van der Waals surface area contributed by atoms with E-state index in [0.29, 0.717) is 0 Å². The van der Waals surface area contributed by atoms with Crippen LogP contribution in [0.4, 0.5) is 0 Å². The zero-order chi connectivity index (χ0) is 26.0. The Kier molecular flexibility index (Phi) is 13.1. The first-order valence-electron chi connectivity index (χ1n) is 11.5. The molecule has 196 valence electrons. The van der Waals surface area contributed by atoms with Gasteiger partial charge in [-0.05, 0) is 76.2 Å². The lowest BCUT2D eigenvalue weighted by Gasteiger charge is -2.29. The van der Waals surface area contributed by atoms with Gasteiger partial charge in [0.25, 0.3) is 0 Å². The summed E-state index contributed by atoms with van der Waals surface area (Å²) in [6, 6.07) is 0. The molecule has 9 nitrogen and oxygen atoms in total. The van der Waals surface area contributed by atoms with Gasteiger partial charge in [0.1, 0.15) is 13.2 Å². The minimum Gasteiger partial charge on any atom is -0.461 e. The Balaban J connectivity index is 4.40. The molecule has 0 aromatic carbocycles. The predicted octanol–water partition coefficient (Wildman–Crippen LogP) is 3.04. The van der Waals surface area contributed by atoms with Crippen molar-refractivity contribution in [2.75, 3.05) is 26.4 Å². The molecule has 0 rings (SSSR count). The second-order valence-corrected chi connectivity index (χ2v) is 10.5. The fraction of sp³-hybridized carbons (Fsp3) is 0.917. The molecule has 0 aliphatic carbocycles. The maximum atomic E-state index is 12.4. The fourth-order valence-corrected chi connectivity index (χ4v) is 2.69. The summed E-state index contributed by atoms with van der Waals surface area (Å²) >= 11 is 0. The van der Waals surface area contributed by atoms with Crippen LogP contribution in [0.25, 0.3) is 0 Å². The molecule has 0 aromatic heterocycles. The van der Waals surface area contributed by atoms with Crippen LogP contribution >= 0.6 is 0 Å². The van der Waals surface area contributed by atoms with Crippen LogP contribution < -0.4 is 0 Å². The van der Waals surface area contributed by atoms with Crippen molar-refractivity contribution >= 4 is 11.9 Å². The summed E-state index contributed by atoms with van der Waals surface area (Å²) in [6.07, 6.45) is -1.70. The Labute approximate surface area is 199 Å². The molecule has 1 N–H and O–H groups in total. The molecular weight excluding hydrogens is 432 g/mol. The van der Waals surface area contributed by atoms with Crippen molar-refractivity contribution in [1.82, 2.24) is 0 Å². The Hall–Kier alpha value is -1.26. The van der Waals surface area contributed by atoms with Gasteiger partial charge < -0.3 is 33.5 Å². The first-order chi connectivity index (χ1) is 14.9. The lowest BCUT2D eigenvalue weighted by atomic mass is 10.1. The normalized spacial score (nSPS) is 16.6. The summed E-state index contributed by atoms with van der Waals surface area (Å²) < 4.78 is 33.3. The highest BCUT2D eigenvalue weighted by atomic mass is 16.6. The summed E-state index contributed by atoms with van der Waals surface area (Å²) in [5.74, 6) is -1.04. The second kappa shape index (κ2) is 13.6. The summed E-state index contributed by atoms with van der Waals surface area (Å²) in [5, 5.41) is 9.25. The molecule has 4 atom stereocenters. The number of hydrogen-bond donors (Lipinski definition) is 1. The topological polar surface area (TPSA) is 110 Å². The van der Waals surface area contributed by atoms with Crippen LogP contribution in [-0.4, -0.2) is 84.7 Å². The van der Waals surface area contributed by atoms with Crippen molar-refractivity contribution in [3.63, 3.8) is 0 Å². The molecule has 0 bridgehead atoms. The molecule has 4 unspecified atom stereocenters. The predicted molar refractivity (Wildman–Crippen MR) is 124 cm³/mol. The Bertz CT molecular complexity index is 593. The van der Waals surface area contributed by atoms with E-state index in [1.54, 1.807) is 34.6 Å². The average molecular weight is 479 g/mol. The van der Waals surface area contributed by atoms with Crippen molar-refractivity contribution < 1.29 is 43.1 Å². The van der Waals surface area contributed by atoms with Crippen molar-refractivity contribution in [3.8, 4) is 0 Å². The third-order valence-electron chi connectivity index (χ3n) is 4.23. The number of ether oxygens (including phenoxy) is 6. The highest BCUT2D eigenvalue weighted by Gasteiger charge is 2.34. The van der Waals surface area contributed by atoms with Gasteiger partial charge >= 0.3 is 11.9 Å². The SMILES string of the molecule is CC(O)COC(=O)C(C)(C)OC(C)COC(C)COC(C)(C)C(=O)OCC(C)OC(C)(C)C. The van der Waals surface area contributed by atoms with E-state index < -0.39 is 35.3 Å². The maximum Gasteiger partial charge on any atom is 0.337 e. The molecule has 0 heterocycles. The van der Waals surface area contributed by atoms with E-state index in [1.165, 1.54) is 6.92 Å². The molecule has 0 spiro atoms. The number of rotatable bonds is 15. The molecule has 0 fully saturated rings. The number of hydrogen-bond acceptors (Lipinski definition) is 9. The van der Waals surface area contributed by atoms with E-state index >= 15 is 0 Å². The minimum atomic E-state index is -1.18. The van der Waals surface area contributed by atoms with Gasteiger partial charge in [-0.15, -0.1) is 0 Å². The molecule has 0 saturated heterocycles. The quantitative estimate of drug-likeness (QED) is 0.355. The van der Waals surface area contributed by atoms with E-state index in [4.69, 9.17) is 28.4 Å². The van der Waals surface area contributed by atoms with Crippen molar-refractivity contribution in [1.29, 1.82) is 0 Å². The van der Waals surface area contributed by atoms with Crippen molar-refractivity contribution in [2.24, 2.45) is 0 Å². The van der Waals surface area contributed by atoms with Crippen molar-refractivity contribution in [2.45, 2.75) is 117 Å². The number of carbonyl (C=O) groups excluding carboxylic acids is 2. The molecular formula is C24H46O9. The zero-order valence-corrected chi connectivity index (χ0v) is 22.4. The van der Waals surface area contributed by atoms with Crippen LogP contribution in [0.15, 0.2) is 0 Å². The first kappa shape index (κ1) is 31.7. The lowest BCUT2D eigenvalue weighted by molar-refractivity contribution is -0.184. The van der Waals surface area contributed by atoms with Crippen LogP contribution in [-0.2, 0) is 38.0 Å². The van der Waals surface area contributed by atoms with E-state index in [-0.39, 0.29) is 44.2 Å². The van der Waals surface area contributed by atoms with Crippen molar-refractivity contribution in [3.05, 3.63) is 0 Å². The van der Waals surface area contributed by atoms with Gasteiger partial charge in [-0.3, -0.25) is 0 Å². The van der Waals surface area contributed by atoms with Gasteiger partial charge in [0, 0.05) is 0 Å². The summed E-state index contributed by atoms with van der Waals surface area (Å²) in [5.41, 5.74) is -2.65.